The zero-order valence-corrected chi connectivity index (χ0v) is 15.4. The van der Waals surface area contributed by atoms with Gasteiger partial charge >= 0.3 is 0 Å². The van der Waals surface area contributed by atoms with Gasteiger partial charge < -0.3 is 10.1 Å². The van der Waals surface area contributed by atoms with Crippen LogP contribution in [0.5, 0.6) is 0 Å². The van der Waals surface area contributed by atoms with Crippen LogP contribution in [0.3, 0.4) is 0 Å². The average molecular weight is 357 g/mol. The van der Waals surface area contributed by atoms with Gasteiger partial charge in [0.05, 0.1) is 6.61 Å². The summed E-state index contributed by atoms with van der Waals surface area (Å²) < 4.78 is 6.42. The summed E-state index contributed by atoms with van der Waals surface area (Å²) in [5.41, 5.74) is 2.66. The Morgan fingerprint density at radius 3 is 2.67 bits per heavy atom. The van der Waals surface area contributed by atoms with Gasteiger partial charge in [0.25, 0.3) is 0 Å². The van der Waals surface area contributed by atoms with Gasteiger partial charge in [-0.15, -0.1) is 0 Å². The molecule has 1 aromatic carbocycles. The number of hydrogen-bond acceptors (Lipinski definition) is 3. The highest BCUT2D eigenvalue weighted by molar-refractivity contribution is 9.10. The molecule has 0 radical (unpaired) electrons. The summed E-state index contributed by atoms with van der Waals surface area (Å²) in [6, 6.07) is 6.67. The van der Waals surface area contributed by atoms with Crippen LogP contribution >= 0.6 is 15.9 Å². The van der Waals surface area contributed by atoms with Crippen LogP contribution in [-0.2, 0) is 17.8 Å². The van der Waals surface area contributed by atoms with Gasteiger partial charge in [-0.2, -0.15) is 0 Å². The number of benzene rings is 1. The Morgan fingerprint density at radius 1 is 1.33 bits per heavy atom. The van der Waals surface area contributed by atoms with Crippen molar-refractivity contribution in [2.45, 2.75) is 33.9 Å². The van der Waals surface area contributed by atoms with Crippen LogP contribution in [-0.4, -0.2) is 38.3 Å². The molecule has 0 aliphatic heterocycles. The summed E-state index contributed by atoms with van der Waals surface area (Å²) in [6.45, 7) is 12.4. The molecule has 3 nitrogen and oxygen atoms in total. The molecule has 0 saturated carbocycles. The molecule has 0 bridgehead atoms. The number of nitrogens with zero attached hydrogens (tertiary/aromatic N) is 1. The van der Waals surface area contributed by atoms with E-state index in [4.69, 9.17) is 4.74 Å². The lowest BCUT2D eigenvalue weighted by Gasteiger charge is -2.24. The minimum absolute atomic E-state index is 0.661. The van der Waals surface area contributed by atoms with Gasteiger partial charge in [-0.1, -0.05) is 48.8 Å². The first-order valence-corrected chi connectivity index (χ1v) is 8.55. The number of ether oxygens (including phenoxy) is 1. The Balaban J connectivity index is 2.68. The van der Waals surface area contributed by atoms with Crippen molar-refractivity contribution in [1.29, 1.82) is 0 Å². The van der Waals surface area contributed by atoms with Gasteiger partial charge in [0.1, 0.15) is 0 Å². The van der Waals surface area contributed by atoms with Crippen LogP contribution < -0.4 is 5.32 Å². The van der Waals surface area contributed by atoms with Crippen LogP contribution in [0.25, 0.3) is 0 Å². The average Bonchev–Trinajstić information content (AvgIpc) is 2.44. The molecule has 1 N–H and O–H groups in total. The molecule has 0 aromatic heterocycles. The van der Waals surface area contributed by atoms with Crippen molar-refractivity contribution < 1.29 is 4.74 Å². The molecular weight excluding hydrogens is 328 g/mol. The fourth-order valence-electron chi connectivity index (χ4n) is 2.31. The van der Waals surface area contributed by atoms with Gasteiger partial charge in [-0.25, -0.2) is 0 Å². The van der Waals surface area contributed by atoms with Gasteiger partial charge in [0.15, 0.2) is 0 Å². The summed E-state index contributed by atoms with van der Waals surface area (Å²) in [7, 11) is 1.76. The lowest BCUT2D eigenvalue weighted by Crippen LogP contribution is -2.30. The maximum Gasteiger partial charge on any atom is 0.0589 e. The van der Waals surface area contributed by atoms with Gasteiger partial charge in [0.2, 0.25) is 0 Å². The molecular formula is C17H29BrN2O. The molecule has 0 saturated heterocycles. The van der Waals surface area contributed by atoms with Crippen molar-refractivity contribution in [3.63, 3.8) is 0 Å². The molecule has 4 heteroatoms. The SMILES string of the molecule is CCNCc1ccc(CN(CCOC)CC(C)C)c(Br)c1. The quantitative estimate of drug-likeness (QED) is 0.692. The molecule has 21 heavy (non-hydrogen) atoms. The van der Waals surface area contributed by atoms with E-state index < -0.39 is 0 Å². The van der Waals surface area contributed by atoms with E-state index in [0.29, 0.717) is 5.92 Å². The largest absolute Gasteiger partial charge is 0.383 e. The van der Waals surface area contributed by atoms with E-state index >= 15 is 0 Å². The van der Waals surface area contributed by atoms with Crippen LogP contribution in [0.4, 0.5) is 0 Å². The molecule has 0 amide bonds. The normalized spacial score (nSPS) is 11.6. The Morgan fingerprint density at radius 2 is 2.10 bits per heavy atom. The fraction of sp³-hybridized carbons (Fsp3) is 0.647. The summed E-state index contributed by atoms with van der Waals surface area (Å²) in [5, 5.41) is 3.36. The van der Waals surface area contributed by atoms with Crippen molar-refractivity contribution in [2.75, 3.05) is 33.4 Å². The molecule has 0 fully saturated rings. The molecule has 0 heterocycles. The van der Waals surface area contributed by atoms with Gasteiger partial charge in [0, 0.05) is 37.8 Å². The predicted octanol–water partition coefficient (Wildman–Crippen LogP) is 3.66. The molecule has 1 aromatic rings. The lowest BCUT2D eigenvalue weighted by molar-refractivity contribution is 0.136. The molecule has 0 unspecified atom stereocenters. The molecule has 0 atom stereocenters. The summed E-state index contributed by atoms with van der Waals surface area (Å²) in [6.07, 6.45) is 0. The van der Waals surface area contributed by atoms with Crippen LogP contribution in [0.15, 0.2) is 22.7 Å². The van der Waals surface area contributed by atoms with Crippen LogP contribution in [0.2, 0.25) is 0 Å². The number of nitrogens with one attached hydrogen (secondary N) is 1. The lowest BCUT2D eigenvalue weighted by atomic mass is 10.1. The van der Waals surface area contributed by atoms with E-state index in [-0.39, 0.29) is 0 Å². The van der Waals surface area contributed by atoms with Gasteiger partial charge in [-0.05, 0) is 29.7 Å². The second-order valence-electron chi connectivity index (χ2n) is 5.83. The van der Waals surface area contributed by atoms with E-state index in [2.05, 4.69) is 65.1 Å². The van der Waals surface area contributed by atoms with E-state index in [0.717, 1.165) is 39.3 Å². The third-order valence-electron chi connectivity index (χ3n) is 3.33. The highest BCUT2D eigenvalue weighted by atomic mass is 79.9. The Hall–Kier alpha value is -0.420. The summed E-state index contributed by atoms with van der Waals surface area (Å²) in [4.78, 5) is 2.46. The van der Waals surface area contributed by atoms with E-state index in [9.17, 15) is 0 Å². The van der Waals surface area contributed by atoms with Crippen molar-refractivity contribution in [1.82, 2.24) is 10.2 Å². The van der Waals surface area contributed by atoms with Gasteiger partial charge in [-0.3, -0.25) is 4.90 Å². The topological polar surface area (TPSA) is 24.5 Å². The molecule has 0 aliphatic carbocycles. The molecule has 120 valence electrons. The standard InChI is InChI=1S/C17H29BrN2O/c1-5-19-11-15-6-7-16(17(18)10-15)13-20(8-9-21-4)12-14(2)3/h6-7,10,14,19H,5,8-9,11-13H2,1-4H3. The second kappa shape index (κ2) is 10.3. The minimum Gasteiger partial charge on any atom is -0.383 e. The highest BCUT2D eigenvalue weighted by Crippen LogP contribution is 2.21. The number of halogens is 1. The first-order valence-electron chi connectivity index (χ1n) is 7.76. The second-order valence-corrected chi connectivity index (χ2v) is 6.68. The third kappa shape index (κ3) is 7.41. The van der Waals surface area contributed by atoms with Crippen LogP contribution in [0, 0.1) is 5.92 Å². The number of methoxy groups -OCH3 is 1. The van der Waals surface area contributed by atoms with E-state index in [1.54, 1.807) is 7.11 Å². The Labute approximate surface area is 138 Å². The van der Waals surface area contributed by atoms with Crippen molar-refractivity contribution >= 4 is 15.9 Å². The smallest absolute Gasteiger partial charge is 0.0589 e. The summed E-state index contributed by atoms with van der Waals surface area (Å²) in [5.74, 6) is 0.661. The van der Waals surface area contributed by atoms with Crippen molar-refractivity contribution in [3.8, 4) is 0 Å². The molecule has 0 aliphatic rings. The zero-order valence-electron chi connectivity index (χ0n) is 13.8. The first kappa shape index (κ1) is 18.6. The summed E-state index contributed by atoms with van der Waals surface area (Å²) >= 11 is 3.72. The first-order chi connectivity index (χ1) is 10.1. The zero-order chi connectivity index (χ0) is 15.7. The predicted molar refractivity (Wildman–Crippen MR) is 93.5 cm³/mol. The molecule has 0 spiro atoms. The van der Waals surface area contributed by atoms with E-state index in [1.807, 2.05) is 0 Å². The van der Waals surface area contributed by atoms with E-state index in [1.165, 1.54) is 15.6 Å². The van der Waals surface area contributed by atoms with Crippen LogP contribution in [0.1, 0.15) is 31.9 Å². The minimum atomic E-state index is 0.661. The van der Waals surface area contributed by atoms with Crippen molar-refractivity contribution in [2.24, 2.45) is 5.92 Å². The van der Waals surface area contributed by atoms with Crippen molar-refractivity contribution in [3.05, 3.63) is 33.8 Å². The Kier molecular flexibility index (Phi) is 9.16. The number of rotatable bonds is 10. The Bertz CT molecular complexity index is 410. The number of hydrogen-bond donors (Lipinski definition) is 1. The third-order valence-corrected chi connectivity index (χ3v) is 4.06. The maximum absolute atomic E-state index is 5.22. The monoisotopic (exact) mass is 356 g/mol. The highest BCUT2D eigenvalue weighted by Gasteiger charge is 2.10. The molecule has 1 rings (SSSR count). The maximum atomic E-state index is 5.22. The fourth-order valence-corrected chi connectivity index (χ4v) is 2.86.